The van der Waals surface area contributed by atoms with Crippen molar-refractivity contribution >= 4 is 17.6 Å². The van der Waals surface area contributed by atoms with Gasteiger partial charge >= 0.3 is 11.8 Å². The highest BCUT2D eigenvalue weighted by Gasteiger charge is 2.30. The number of piperazine rings is 1. The molecule has 0 unspecified atom stereocenters. The number of anilines is 1. The number of pyridine rings is 1. The molecule has 0 spiro atoms. The fraction of sp³-hybridized carbons (Fsp3) is 0.500. The lowest BCUT2D eigenvalue weighted by Crippen LogP contribution is -2.52. The third kappa shape index (κ3) is 3.07. The summed E-state index contributed by atoms with van der Waals surface area (Å²) in [6, 6.07) is 3.77. The summed E-state index contributed by atoms with van der Waals surface area (Å²) in [4.78, 5) is 31.0. The van der Waals surface area contributed by atoms with Gasteiger partial charge in [-0.25, -0.2) is 4.98 Å². The Morgan fingerprint density at radius 1 is 1.30 bits per heavy atom. The predicted octanol–water partition coefficient (Wildman–Crippen LogP) is 0.704. The van der Waals surface area contributed by atoms with Crippen LogP contribution in [-0.4, -0.2) is 53.3 Å². The van der Waals surface area contributed by atoms with Gasteiger partial charge in [-0.1, -0.05) is 13.0 Å². The Morgan fingerprint density at radius 2 is 2.10 bits per heavy atom. The maximum absolute atomic E-state index is 12.0. The van der Waals surface area contributed by atoms with E-state index in [1.165, 1.54) is 4.90 Å². The van der Waals surface area contributed by atoms with E-state index < -0.39 is 11.8 Å². The summed E-state index contributed by atoms with van der Waals surface area (Å²) >= 11 is 0. The number of carbonyl (C=O) groups is 2. The molecule has 0 saturated carbocycles. The van der Waals surface area contributed by atoms with Gasteiger partial charge in [0.15, 0.2) is 0 Å². The summed E-state index contributed by atoms with van der Waals surface area (Å²) in [6.07, 6.45) is 2.72. The Hall–Kier alpha value is -2.11. The number of likely N-dealkylation sites (N-methyl/N-ethyl adjacent to an activating group) is 1. The monoisotopic (exact) mass is 276 g/mol. The second-order valence-corrected chi connectivity index (χ2v) is 4.89. The number of hydrogen-bond acceptors (Lipinski definition) is 4. The molecule has 0 aliphatic carbocycles. The third-order valence-electron chi connectivity index (χ3n) is 3.32. The van der Waals surface area contributed by atoms with Gasteiger partial charge in [-0.05, 0) is 12.5 Å². The third-order valence-corrected chi connectivity index (χ3v) is 3.32. The van der Waals surface area contributed by atoms with E-state index in [0.29, 0.717) is 19.6 Å². The Morgan fingerprint density at radius 3 is 2.85 bits per heavy atom. The van der Waals surface area contributed by atoms with Crippen LogP contribution in [0.1, 0.15) is 18.9 Å². The molecular formula is C14H20N4O2. The SMILES string of the molecule is CCCNc1ncccc1CN1CCN(C)C(=O)C1=O. The van der Waals surface area contributed by atoms with E-state index in [-0.39, 0.29) is 0 Å². The Balaban J connectivity index is 2.10. The van der Waals surface area contributed by atoms with Crippen LogP contribution in [0.25, 0.3) is 0 Å². The molecule has 0 bridgehead atoms. The summed E-state index contributed by atoms with van der Waals surface area (Å²) in [5.41, 5.74) is 0.937. The molecular weight excluding hydrogens is 256 g/mol. The molecule has 0 atom stereocenters. The predicted molar refractivity (Wildman–Crippen MR) is 76.1 cm³/mol. The van der Waals surface area contributed by atoms with E-state index >= 15 is 0 Å². The van der Waals surface area contributed by atoms with E-state index in [4.69, 9.17) is 0 Å². The average molecular weight is 276 g/mol. The Bertz CT molecular complexity index is 504. The largest absolute Gasteiger partial charge is 0.370 e. The summed E-state index contributed by atoms with van der Waals surface area (Å²) in [7, 11) is 1.65. The van der Waals surface area contributed by atoms with Crippen LogP contribution in [0.15, 0.2) is 18.3 Å². The number of amides is 2. The lowest BCUT2D eigenvalue weighted by atomic mass is 10.2. The van der Waals surface area contributed by atoms with Crippen LogP contribution in [-0.2, 0) is 16.1 Å². The van der Waals surface area contributed by atoms with Crippen molar-refractivity contribution in [3.63, 3.8) is 0 Å². The van der Waals surface area contributed by atoms with Gasteiger partial charge in [-0.2, -0.15) is 0 Å². The fourth-order valence-electron chi connectivity index (χ4n) is 2.10. The lowest BCUT2D eigenvalue weighted by molar-refractivity contribution is -0.155. The van der Waals surface area contributed by atoms with Crippen molar-refractivity contribution in [2.24, 2.45) is 0 Å². The number of nitrogens with zero attached hydrogens (tertiary/aromatic N) is 3. The number of aromatic nitrogens is 1. The quantitative estimate of drug-likeness (QED) is 0.804. The van der Waals surface area contributed by atoms with Gasteiger partial charge in [0, 0.05) is 45.0 Å². The van der Waals surface area contributed by atoms with Gasteiger partial charge in [-0.15, -0.1) is 0 Å². The van der Waals surface area contributed by atoms with Crippen LogP contribution < -0.4 is 5.32 Å². The summed E-state index contributed by atoms with van der Waals surface area (Å²) in [5.74, 6) is -0.0965. The van der Waals surface area contributed by atoms with Crippen molar-refractivity contribution < 1.29 is 9.59 Å². The lowest BCUT2D eigenvalue weighted by Gasteiger charge is -2.31. The van der Waals surface area contributed by atoms with Crippen molar-refractivity contribution in [1.29, 1.82) is 0 Å². The Labute approximate surface area is 118 Å². The normalized spacial score (nSPS) is 15.7. The molecule has 20 heavy (non-hydrogen) atoms. The highest BCUT2D eigenvalue weighted by Crippen LogP contribution is 2.16. The molecule has 1 fully saturated rings. The molecule has 0 aromatic carbocycles. The van der Waals surface area contributed by atoms with Crippen LogP contribution in [0.5, 0.6) is 0 Å². The second kappa shape index (κ2) is 6.36. The number of nitrogens with one attached hydrogen (secondary N) is 1. The van der Waals surface area contributed by atoms with Crippen molar-refractivity contribution in [2.45, 2.75) is 19.9 Å². The van der Waals surface area contributed by atoms with Gasteiger partial charge in [-0.3, -0.25) is 9.59 Å². The maximum Gasteiger partial charge on any atom is 0.312 e. The second-order valence-electron chi connectivity index (χ2n) is 4.89. The van der Waals surface area contributed by atoms with E-state index in [0.717, 1.165) is 24.3 Å². The topological polar surface area (TPSA) is 65.5 Å². The highest BCUT2D eigenvalue weighted by molar-refractivity contribution is 6.35. The molecule has 2 heterocycles. The van der Waals surface area contributed by atoms with Crippen LogP contribution in [0.3, 0.4) is 0 Å². The zero-order chi connectivity index (χ0) is 14.5. The van der Waals surface area contributed by atoms with Crippen molar-refractivity contribution in [3.05, 3.63) is 23.9 Å². The summed E-state index contributed by atoms with van der Waals surface area (Å²) < 4.78 is 0. The molecule has 2 amide bonds. The zero-order valence-electron chi connectivity index (χ0n) is 11.9. The van der Waals surface area contributed by atoms with Crippen molar-refractivity contribution in [3.8, 4) is 0 Å². The van der Waals surface area contributed by atoms with Crippen molar-refractivity contribution in [2.75, 3.05) is 32.0 Å². The molecule has 108 valence electrons. The first-order chi connectivity index (χ1) is 9.63. The van der Waals surface area contributed by atoms with E-state index in [1.807, 2.05) is 12.1 Å². The van der Waals surface area contributed by atoms with Crippen LogP contribution in [0.2, 0.25) is 0 Å². The molecule has 1 saturated heterocycles. The molecule has 6 heteroatoms. The minimum atomic E-state index is -0.441. The van der Waals surface area contributed by atoms with Gasteiger partial charge in [0.2, 0.25) is 0 Å². The molecule has 1 N–H and O–H groups in total. The molecule has 2 rings (SSSR count). The first kappa shape index (κ1) is 14.3. The van der Waals surface area contributed by atoms with Crippen LogP contribution in [0, 0.1) is 0 Å². The van der Waals surface area contributed by atoms with E-state index in [2.05, 4.69) is 17.2 Å². The van der Waals surface area contributed by atoms with E-state index in [1.54, 1.807) is 18.1 Å². The zero-order valence-corrected chi connectivity index (χ0v) is 11.9. The standard InChI is InChI=1S/C14H20N4O2/c1-3-6-15-12-11(5-4-7-16-12)10-18-9-8-17(2)13(19)14(18)20/h4-5,7H,3,6,8-10H2,1-2H3,(H,15,16). The average Bonchev–Trinajstić information content (AvgIpc) is 2.47. The Kier molecular flexibility index (Phi) is 4.55. The minimum Gasteiger partial charge on any atom is -0.370 e. The molecule has 1 aliphatic heterocycles. The number of carbonyl (C=O) groups excluding carboxylic acids is 2. The molecule has 1 aliphatic rings. The van der Waals surface area contributed by atoms with Gasteiger partial charge in [0.05, 0.1) is 0 Å². The molecule has 1 aromatic heterocycles. The number of hydrogen-bond donors (Lipinski definition) is 1. The maximum atomic E-state index is 12.0. The molecule has 6 nitrogen and oxygen atoms in total. The van der Waals surface area contributed by atoms with Gasteiger partial charge in [0.1, 0.15) is 5.82 Å². The van der Waals surface area contributed by atoms with E-state index in [9.17, 15) is 9.59 Å². The molecule has 1 aromatic rings. The number of rotatable bonds is 5. The molecule has 0 radical (unpaired) electrons. The summed E-state index contributed by atoms with van der Waals surface area (Å²) in [5, 5.41) is 3.24. The smallest absolute Gasteiger partial charge is 0.312 e. The first-order valence-electron chi connectivity index (χ1n) is 6.85. The first-order valence-corrected chi connectivity index (χ1v) is 6.85. The van der Waals surface area contributed by atoms with Gasteiger partial charge in [0.25, 0.3) is 0 Å². The van der Waals surface area contributed by atoms with Gasteiger partial charge < -0.3 is 15.1 Å². The minimum absolute atomic E-state index is 0.415. The fourth-order valence-corrected chi connectivity index (χ4v) is 2.10. The van der Waals surface area contributed by atoms with Crippen LogP contribution in [0.4, 0.5) is 5.82 Å². The highest BCUT2D eigenvalue weighted by atomic mass is 16.2. The van der Waals surface area contributed by atoms with Crippen LogP contribution >= 0.6 is 0 Å². The van der Waals surface area contributed by atoms with Crippen molar-refractivity contribution in [1.82, 2.24) is 14.8 Å². The summed E-state index contributed by atoms with van der Waals surface area (Å²) in [6.45, 7) is 4.46.